The van der Waals surface area contributed by atoms with Gasteiger partial charge in [-0.1, -0.05) is 18.2 Å². The molecule has 4 rings (SSSR count). The van der Waals surface area contributed by atoms with Gasteiger partial charge in [-0.05, 0) is 30.0 Å². The summed E-state index contributed by atoms with van der Waals surface area (Å²) in [5.41, 5.74) is 1.74. The molecule has 0 saturated heterocycles. The number of carbonyl (C=O) groups is 1. The summed E-state index contributed by atoms with van der Waals surface area (Å²) >= 11 is 3.20. The van der Waals surface area contributed by atoms with Gasteiger partial charge in [0.1, 0.15) is 10.7 Å². The first-order chi connectivity index (χ1) is 12.3. The molecular formula is C18H14N4OS2. The number of carbonyl (C=O) groups excluding carboxylic acids is 1. The molecule has 0 bridgehead atoms. The fourth-order valence-electron chi connectivity index (χ4n) is 2.47. The minimum atomic E-state index is -0.223. The van der Waals surface area contributed by atoms with Crippen molar-refractivity contribution in [3.8, 4) is 10.7 Å². The minimum Gasteiger partial charge on any atom is -0.350 e. The van der Waals surface area contributed by atoms with Gasteiger partial charge >= 0.3 is 0 Å². The van der Waals surface area contributed by atoms with Gasteiger partial charge in [0.2, 0.25) is 0 Å². The summed E-state index contributed by atoms with van der Waals surface area (Å²) in [6, 6.07) is 11.9. The van der Waals surface area contributed by atoms with Crippen LogP contribution >= 0.6 is 22.7 Å². The summed E-state index contributed by atoms with van der Waals surface area (Å²) < 4.78 is 1.06. The van der Waals surface area contributed by atoms with Crippen LogP contribution in [-0.2, 0) is 6.42 Å². The van der Waals surface area contributed by atoms with Gasteiger partial charge in [-0.15, -0.1) is 22.7 Å². The van der Waals surface area contributed by atoms with Crippen LogP contribution in [0.3, 0.4) is 0 Å². The molecule has 3 heterocycles. The van der Waals surface area contributed by atoms with Crippen molar-refractivity contribution >= 4 is 38.8 Å². The van der Waals surface area contributed by atoms with Crippen molar-refractivity contribution in [2.45, 2.75) is 6.42 Å². The number of nitrogens with one attached hydrogen (secondary N) is 1. The lowest BCUT2D eigenvalue weighted by atomic mass is 10.2. The van der Waals surface area contributed by atoms with E-state index < -0.39 is 0 Å². The summed E-state index contributed by atoms with van der Waals surface area (Å²) in [7, 11) is 0. The lowest BCUT2D eigenvalue weighted by molar-refractivity contribution is 0.0949. The van der Waals surface area contributed by atoms with Gasteiger partial charge < -0.3 is 5.32 Å². The highest BCUT2D eigenvalue weighted by atomic mass is 32.1. The number of hydrogen-bond donors (Lipinski definition) is 1. The third-order valence-electron chi connectivity index (χ3n) is 3.65. The average Bonchev–Trinajstić information content (AvgIpc) is 3.31. The molecule has 4 aromatic rings. The third kappa shape index (κ3) is 3.42. The Labute approximate surface area is 152 Å². The molecule has 5 nitrogen and oxygen atoms in total. The lowest BCUT2D eigenvalue weighted by Crippen LogP contribution is -2.27. The first kappa shape index (κ1) is 15.9. The molecule has 0 aliphatic heterocycles. The number of para-hydroxylation sites is 1. The summed E-state index contributed by atoms with van der Waals surface area (Å²) in [5, 5.41) is 5.66. The van der Waals surface area contributed by atoms with Crippen molar-refractivity contribution in [2.24, 2.45) is 0 Å². The van der Waals surface area contributed by atoms with Crippen molar-refractivity contribution < 1.29 is 4.79 Å². The number of benzene rings is 1. The Hall–Kier alpha value is -2.64. The Morgan fingerprint density at radius 1 is 1.08 bits per heavy atom. The topological polar surface area (TPSA) is 67.8 Å². The van der Waals surface area contributed by atoms with E-state index in [-0.39, 0.29) is 5.91 Å². The summed E-state index contributed by atoms with van der Waals surface area (Å²) in [4.78, 5) is 27.0. The van der Waals surface area contributed by atoms with Crippen LogP contribution in [0.5, 0.6) is 0 Å². The van der Waals surface area contributed by atoms with E-state index in [1.807, 2.05) is 35.7 Å². The predicted octanol–water partition coefficient (Wildman–Crippen LogP) is 3.79. The van der Waals surface area contributed by atoms with Crippen LogP contribution in [0.2, 0.25) is 0 Å². The largest absolute Gasteiger partial charge is 0.350 e. The molecule has 0 radical (unpaired) electrons. The molecule has 0 atom stereocenters. The van der Waals surface area contributed by atoms with E-state index in [2.05, 4.69) is 26.3 Å². The van der Waals surface area contributed by atoms with Crippen LogP contribution < -0.4 is 5.32 Å². The van der Waals surface area contributed by atoms with Crippen molar-refractivity contribution in [1.82, 2.24) is 20.3 Å². The van der Waals surface area contributed by atoms with Gasteiger partial charge in [0, 0.05) is 23.8 Å². The molecule has 1 N–H and O–H groups in total. The molecule has 0 fully saturated rings. The maximum atomic E-state index is 12.5. The Morgan fingerprint density at radius 3 is 2.80 bits per heavy atom. The zero-order valence-corrected chi connectivity index (χ0v) is 14.8. The Balaban J connectivity index is 1.56. The fourth-order valence-corrected chi connectivity index (χ4v) is 4.14. The Bertz CT molecular complexity index is 978. The van der Waals surface area contributed by atoms with Crippen molar-refractivity contribution in [3.63, 3.8) is 0 Å². The van der Waals surface area contributed by atoms with Crippen molar-refractivity contribution in [1.29, 1.82) is 0 Å². The molecule has 0 aliphatic rings. The minimum absolute atomic E-state index is 0.223. The van der Waals surface area contributed by atoms with Crippen LogP contribution in [0.25, 0.3) is 20.9 Å². The summed E-state index contributed by atoms with van der Waals surface area (Å²) in [6.45, 7) is 0.565. The number of amides is 1. The number of thiophene rings is 1. The van der Waals surface area contributed by atoms with Crippen LogP contribution in [-0.4, -0.2) is 27.4 Å². The number of nitrogens with zero attached hydrogens (tertiary/aromatic N) is 3. The van der Waals surface area contributed by atoms with Gasteiger partial charge in [0.25, 0.3) is 5.91 Å². The summed E-state index contributed by atoms with van der Waals surface area (Å²) in [5.74, 6) is -0.223. The SMILES string of the molecule is O=C(NCCc1cccs1)c1nccnc1-c1nc2ccccc2s1. The first-order valence-corrected chi connectivity index (χ1v) is 9.48. The number of fused-ring (bicyclic) bond motifs is 1. The predicted molar refractivity (Wildman–Crippen MR) is 101 cm³/mol. The highest BCUT2D eigenvalue weighted by molar-refractivity contribution is 7.21. The average molecular weight is 366 g/mol. The normalized spacial score (nSPS) is 10.9. The fraction of sp³-hybridized carbons (Fsp3) is 0.111. The van der Waals surface area contributed by atoms with Crippen LogP contribution in [0, 0.1) is 0 Å². The molecular weight excluding hydrogens is 352 g/mol. The summed E-state index contributed by atoms with van der Waals surface area (Å²) in [6.07, 6.45) is 3.93. The van der Waals surface area contributed by atoms with E-state index in [1.54, 1.807) is 17.5 Å². The number of rotatable bonds is 5. The van der Waals surface area contributed by atoms with Crippen molar-refractivity contribution in [3.05, 3.63) is 64.7 Å². The van der Waals surface area contributed by atoms with Crippen LogP contribution in [0.1, 0.15) is 15.4 Å². The van der Waals surface area contributed by atoms with E-state index >= 15 is 0 Å². The molecule has 0 aliphatic carbocycles. The van der Waals surface area contributed by atoms with Crippen LogP contribution in [0.15, 0.2) is 54.2 Å². The zero-order valence-electron chi connectivity index (χ0n) is 13.2. The molecule has 1 amide bonds. The molecule has 3 aromatic heterocycles. The van der Waals surface area contributed by atoms with Gasteiger partial charge in [-0.25, -0.2) is 15.0 Å². The van der Waals surface area contributed by atoms with Crippen LogP contribution in [0.4, 0.5) is 0 Å². The molecule has 25 heavy (non-hydrogen) atoms. The molecule has 0 saturated carbocycles. The third-order valence-corrected chi connectivity index (χ3v) is 5.63. The number of aromatic nitrogens is 3. The van der Waals surface area contributed by atoms with Gasteiger partial charge in [0.15, 0.2) is 5.69 Å². The first-order valence-electron chi connectivity index (χ1n) is 7.79. The molecule has 0 spiro atoms. The maximum absolute atomic E-state index is 12.5. The second kappa shape index (κ2) is 7.08. The second-order valence-electron chi connectivity index (χ2n) is 5.33. The highest BCUT2D eigenvalue weighted by Crippen LogP contribution is 2.29. The molecule has 7 heteroatoms. The number of thiazole rings is 1. The molecule has 1 aromatic carbocycles. The van der Waals surface area contributed by atoms with Gasteiger partial charge in [-0.3, -0.25) is 4.79 Å². The standard InChI is InChI=1S/C18H14N4OS2/c23-17(21-8-7-12-4-3-11-24-12)15-16(20-10-9-19-15)18-22-13-5-1-2-6-14(13)25-18/h1-6,9-11H,7-8H2,(H,21,23). The maximum Gasteiger partial charge on any atom is 0.272 e. The van der Waals surface area contributed by atoms with E-state index in [9.17, 15) is 4.79 Å². The molecule has 124 valence electrons. The quantitative estimate of drug-likeness (QED) is 0.583. The lowest BCUT2D eigenvalue weighted by Gasteiger charge is -2.06. The smallest absolute Gasteiger partial charge is 0.272 e. The van der Waals surface area contributed by atoms with Gasteiger partial charge in [0.05, 0.1) is 10.2 Å². The van der Waals surface area contributed by atoms with E-state index in [1.165, 1.54) is 22.4 Å². The molecule has 0 unspecified atom stereocenters. The highest BCUT2D eigenvalue weighted by Gasteiger charge is 2.18. The van der Waals surface area contributed by atoms with Gasteiger partial charge in [-0.2, -0.15) is 0 Å². The Kier molecular flexibility index (Phi) is 4.49. The second-order valence-corrected chi connectivity index (χ2v) is 7.39. The van der Waals surface area contributed by atoms with E-state index in [0.29, 0.717) is 22.9 Å². The van der Waals surface area contributed by atoms with Crippen molar-refractivity contribution in [2.75, 3.05) is 6.54 Å². The van der Waals surface area contributed by atoms with E-state index in [0.717, 1.165) is 16.6 Å². The zero-order chi connectivity index (χ0) is 17.1. The number of hydrogen-bond acceptors (Lipinski definition) is 6. The Morgan fingerprint density at radius 2 is 1.96 bits per heavy atom. The monoisotopic (exact) mass is 366 g/mol. The van der Waals surface area contributed by atoms with E-state index in [4.69, 9.17) is 0 Å².